The van der Waals surface area contributed by atoms with Crippen molar-refractivity contribution in [3.8, 4) is 23.0 Å². The lowest BCUT2D eigenvalue weighted by Gasteiger charge is -2.44. The van der Waals surface area contributed by atoms with E-state index in [-0.39, 0.29) is 0 Å². The van der Waals surface area contributed by atoms with Crippen LogP contribution in [0, 0.1) is 0 Å². The van der Waals surface area contributed by atoms with Gasteiger partial charge in [0.1, 0.15) is 23.0 Å². The molecule has 0 fully saturated rings. The summed E-state index contributed by atoms with van der Waals surface area (Å²) in [6.07, 6.45) is 0. The maximum absolute atomic E-state index is 6.35. The summed E-state index contributed by atoms with van der Waals surface area (Å²) in [6.45, 7) is 0. The Labute approximate surface area is 185 Å². The Bertz CT molecular complexity index is 1190. The first-order valence-electron chi connectivity index (χ1n) is 9.33. The van der Waals surface area contributed by atoms with E-state index in [2.05, 4.69) is 68.3 Å². The number of benzene rings is 4. The van der Waals surface area contributed by atoms with E-state index in [0.717, 1.165) is 54.2 Å². The third-order valence-corrected chi connectivity index (χ3v) is 6.70. The molecule has 2 nitrogen and oxygen atoms in total. The first-order valence-corrected chi connectivity index (χ1v) is 10.9. The van der Waals surface area contributed by atoms with Crippen molar-refractivity contribution in [2.75, 3.05) is 0 Å². The minimum atomic E-state index is -0.540. The van der Waals surface area contributed by atoms with Crippen molar-refractivity contribution in [1.29, 1.82) is 0 Å². The van der Waals surface area contributed by atoms with E-state index in [4.69, 9.17) is 9.47 Å². The summed E-state index contributed by atoms with van der Waals surface area (Å²) in [5.74, 6) is 3.44. The van der Waals surface area contributed by atoms with Crippen molar-refractivity contribution in [2.24, 2.45) is 0 Å². The van der Waals surface area contributed by atoms with Gasteiger partial charge in [-0.3, -0.25) is 0 Å². The molecule has 0 radical (unpaired) electrons. The monoisotopic (exact) mass is 504 g/mol. The predicted molar refractivity (Wildman–Crippen MR) is 120 cm³/mol. The summed E-state index contributed by atoms with van der Waals surface area (Å²) in [5, 5.41) is 0. The van der Waals surface area contributed by atoms with Crippen LogP contribution in [0.1, 0.15) is 22.3 Å². The molecule has 4 heteroatoms. The third-order valence-electron chi connectivity index (χ3n) is 5.71. The van der Waals surface area contributed by atoms with Gasteiger partial charge in [-0.15, -0.1) is 0 Å². The fraction of sp³-hybridized carbons (Fsp3) is 0.0400. The summed E-state index contributed by atoms with van der Waals surface area (Å²) in [7, 11) is 0. The van der Waals surface area contributed by atoms with Crippen LogP contribution in [0.15, 0.2) is 93.9 Å². The Morgan fingerprint density at radius 1 is 0.483 bits per heavy atom. The lowest BCUT2D eigenvalue weighted by molar-refractivity contribution is 0.399. The van der Waals surface area contributed by atoms with Gasteiger partial charge in [0.2, 0.25) is 0 Å². The predicted octanol–water partition coefficient (Wildman–Crippen LogP) is 7.81. The molecule has 29 heavy (non-hydrogen) atoms. The zero-order chi connectivity index (χ0) is 19.6. The molecule has 2 aliphatic heterocycles. The molecule has 4 aromatic carbocycles. The largest absolute Gasteiger partial charge is 0.457 e. The Hall–Kier alpha value is -2.56. The van der Waals surface area contributed by atoms with Crippen molar-refractivity contribution in [3.05, 3.63) is 116 Å². The molecule has 0 bridgehead atoms. The maximum Gasteiger partial charge on any atom is 0.132 e. The van der Waals surface area contributed by atoms with Gasteiger partial charge in [0.05, 0.1) is 5.41 Å². The number of para-hydroxylation sites is 2. The number of hydrogen-bond acceptors (Lipinski definition) is 2. The molecule has 0 N–H and O–H groups in total. The smallest absolute Gasteiger partial charge is 0.132 e. The summed E-state index contributed by atoms with van der Waals surface area (Å²) in [5.41, 5.74) is 3.88. The second kappa shape index (κ2) is 6.22. The fourth-order valence-corrected chi connectivity index (χ4v) is 5.33. The number of ether oxygens (including phenoxy) is 2. The van der Waals surface area contributed by atoms with Crippen LogP contribution in [0.4, 0.5) is 0 Å². The molecule has 0 unspecified atom stereocenters. The van der Waals surface area contributed by atoms with Gasteiger partial charge in [0, 0.05) is 31.2 Å². The molecule has 2 aliphatic rings. The van der Waals surface area contributed by atoms with Gasteiger partial charge in [-0.2, -0.15) is 0 Å². The van der Waals surface area contributed by atoms with Crippen LogP contribution in [0.3, 0.4) is 0 Å². The van der Waals surface area contributed by atoms with Crippen LogP contribution in [0.25, 0.3) is 0 Å². The van der Waals surface area contributed by atoms with Gasteiger partial charge in [-0.25, -0.2) is 0 Å². The van der Waals surface area contributed by atoms with E-state index in [0.29, 0.717) is 0 Å². The molecule has 2 heterocycles. The SMILES string of the molecule is Brc1ccc2c(c1)C1(c3ccccc3O2)c2ccccc2Oc2ccc(Br)cc21. The minimum Gasteiger partial charge on any atom is -0.457 e. The molecule has 0 atom stereocenters. The molecule has 0 saturated heterocycles. The Morgan fingerprint density at radius 2 is 0.897 bits per heavy atom. The second-order valence-corrected chi connectivity index (χ2v) is 9.06. The first kappa shape index (κ1) is 17.3. The van der Waals surface area contributed by atoms with E-state index in [1.807, 2.05) is 48.5 Å². The van der Waals surface area contributed by atoms with Crippen LogP contribution >= 0.6 is 31.9 Å². The van der Waals surface area contributed by atoms with Crippen molar-refractivity contribution >= 4 is 31.9 Å². The first-order chi connectivity index (χ1) is 14.2. The highest BCUT2D eigenvalue weighted by Gasteiger charge is 2.50. The molecule has 0 saturated carbocycles. The Morgan fingerprint density at radius 3 is 1.38 bits per heavy atom. The van der Waals surface area contributed by atoms with Crippen LogP contribution in [-0.4, -0.2) is 0 Å². The summed E-state index contributed by atoms with van der Waals surface area (Å²) in [4.78, 5) is 0. The molecular formula is C25H14Br2O2. The fourth-order valence-electron chi connectivity index (χ4n) is 4.61. The highest BCUT2D eigenvalue weighted by Crippen LogP contribution is 2.61. The number of rotatable bonds is 0. The highest BCUT2D eigenvalue weighted by molar-refractivity contribution is 9.10. The lowest BCUT2D eigenvalue weighted by atomic mass is 9.62. The molecule has 1 spiro atoms. The Kier molecular flexibility index (Phi) is 3.71. The molecule has 6 rings (SSSR count). The zero-order valence-corrected chi connectivity index (χ0v) is 18.3. The van der Waals surface area contributed by atoms with Gasteiger partial charge in [0.15, 0.2) is 0 Å². The average molecular weight is 506 g/mol. The van der Waals surface area contributed by atoms with E-state index in [1.165, 1.54) is 0 Å². The minimum absolute atomic E-state index is 0.540. The third kappa shape index (κ3) is 2.33. The molecule has 0 amide bonds. The van der Waals surface area contributed by atoms with Crippen LogP contribution in [0.2, 0.25) is 0 Å². The van der Waals surface area contributed by atoms with E-state index < -0.39 is 5.41 Å². The molecule has 140 valence electrons. The van der Waals surface area contributed by atoms with Gasteiger partial charge in [0.25, 0.3) is 0 Å². The molecular weight excluding hydrogens is 492 g/mol. The quantitative estimate of drug-likeness (QED) is 0.209. The summed E-state index contributed by atoms with van der Waals surface area (Å²) >= 11 is 7.36. The Balaban J connectivity index is 1.86. The number of fused-ring (bicyclic) bond motifs is 8. The number of hydrogen-bond donors (Lipinski definition) is 0. The van der Waals surface area contributed by atoms with Gasteiger partial charge in [-0.05, 0) is 48.5 Å². The van der Waals surface area contributed by atoms with Crippen molar-refractivity contribution in [2.45, 2.75) is 5.41 Å². The van der Waals surface area contributed by atoms with E-state index in [1.54, 1.807) is 0 Å². The summed E-state index contributed by atoms with van der Waals surface area (Å²) in [6, 6.07) is 29.0. The van der Waals surface area contributed by atoms with Gasteiger partial charge >= 0.3 is 0 Å². The topological polar surface area (TPSA) is 18.5 Å². The van der Waals surface area contributed by atoms with Crippen LogP contribution in [0.5, 0.6) is 23.0 Å². The van der Waals surface area contributed by atoms with Crippen LogP contribution < -0.4 is 9.47 Å². The van der Waals surface area contributed by atoms with Crippen molar-refractivity contribution < 1.29 is 9.47 Å². The standard InChI is InChI=1S/C25H14Br2O2/c26-15-9-11-23-19(13-15)25(17-5-1-3-7-21(17)28-23)18-6-2-4-8-22(18)29-24-12-10-16(27)14-20(24)25/h1-14H. The van der Waals surface area contributed by atoms with Crippen molar-refractivity contribution in [1.82, 2.24) is 0 Å². The van der Waals surface area contributed by atoms with Gasteiger partial charge in [-0.1, -0.05) is 68.3 Å². The maximum atomic E-state index is 6.35. The highest BCUT2D eigenvalue weighted by atomic mass is 79.9. The average Bonchev–Trinajstić information content (AvgIpc) is 2.74. The molecule has 0 aliphatic carbocycles. The zero-order valence-electron chi connectivity index (χ0n) is 15.2. The van der Waals surface area contributed by atoms with E-state index in [9.17, 15) is 0 Å². The lowest BCUT2D eigenvalue weighted by Crippen LogP contribution is -2.36. The normalized spacial score (nSPS) is 14.7. The molecule has 4 aromatic rings. The number of halogens is 2. The molecule has 0 aromatic heterocycles. The van der Waals surface area contributed by atoms with Crippen molar-refractivity contribution in [3.63, 3.8) is 0 Å². The second-order valence-electron chi connectivity index (χ2n) is 7.23. The summed E-state index contributed by atoms with van der Waals surface area (Å²) < 4.78 is 14.7. The van der Waals surface area contributed by atoms with Crippen LogP contribution in [-0.2, 0) is 5.41 Å². The van der Waals surface area contributed by atoms with E-state index >= 15 is 0 Å². The van der Waals surface area contributed by atoms with Gasteiger partial charge < -0.3 is 9.47 Å².